The lowest BCUT2D eigenvalue weighted by atomic mass is 10.0. The molecule has 0 amide bonds. The van der Waals surface area contributed by atoms with Crippen LogP contribution in [-0.4, -0.2) is 11.7 Å². The van der Waals surface area contributed by atoms with Crippen molar-refractivity contribution in [2.75, 3.05) is 6.61 Å². The van der Waals surface area contributed by atoms with Crippen LogP contribution in [0.15, 0.2) is 18.2 Å². The molecule has 0 saturated heterocycles. The minimum Gasteiger partial charge on any atom is -0.396 e. The summed E-state index contributed by atoms with van der Waals surface area (Å²) in [6, 6.07) is 3.10. The summed E-state index contributed by atoms with van der Waals surface area (Å²) in [5.74, 6) is 0. The van der Waals surface area contributed by atoms with Gasteiger partial charge in [-0.2, -0.15) is 13.2 Å². The fourth-order valence-electron chi connectivity index (χ4n) is 1.47. The van der Waals surface area contributed by atoms with Crippen LogP contribution >= 0.6 is 24.0 Å². The molecule has 0 aliphatic carbocycles. The molecule has 0 fully saturated rings. The van der Waals surface area contributed by atoms with Crippen LogP contribution in [0.2, 0.25) is 5.02 Å². The van der Waals surface area contributed by atoms with Gasteiger partial charge in [0.25, 0.3) is 0 Å². The Kier molecular flexibility index (Phi) is 6.99. The van der Waals surface area contributed by atoms with E-state index in [1.165, 1.54) is 12.1 Å². The number of aliphatic hydroxyl groups is 1. The molecule has 1 aromatic rings. The molecule has 0 aromatic heterocycles. The summed E-state index contributed by atoms with van der Waals surface area (Å²) in [6.45, 7) is -0.0343. The lowest BCUT2D eigenvalue weighted by molar-refractivity contribution is -0.137. The summed E-state index contributed by atoms with van der Waals surface area (Å²) < 4.78 is 37.7. The van der Waals surface area contributed by atoms with E-state index in [-0.39, 0.29) is 24.0 Å². The quantitative estimate of drug-likeness (QED) is 0.893. The van der Waals surface area contributed by atoms with Crippen molar-refractivity contribution >= 4 is 24.0 Å². The van der Waals surface area contributed by atoms with E-state index in [4.69, 9.17) is 22.4 Å². The molecule has 104 valence electrons. The van der Waals surface area contributed by atoms with Crippen molar-refractivity contribution < 1.29 is 18.3 Å². The number of aliphatic hydroxyl groups excluding tert-OH is 1. The Morgan fingerprint density at radius 3 is 2.44 bits per heavy atom. The van der Waals surface area contributed by atoms with Crippen LogP contribution in [0.4, 0.5) is 13.2 Å². The third-order valence-corrected chi connectivity index (χ3v) is 2.73. The molecule has 3 N–H and O–H groups in total. The topological polar surface area (TPSA) is 46.2 Å². The molecular weight excluding hydrogens is 290 g/mol. The molecule has 18 heavy (non-hydrogen) atoms. The van der Waals surface area contributed by atoms with E-state index < -0.39 is 17.8 Å². The Hall–Kier alpha value is -0.490. The fraction of sp³-hybridized carbons (Fsp3) is 0.455. The zero-order valence-electron chi connectivity index (χ0n) is 9.38. The number of hydrogen-bond acceptors (Lipinski definition) is 2. The second-order valence-electron chi connectivity index (χ2n) is 3.71. The van der Waals surface area contributed by atoms with E-state index in [1.54, 1.807) is 0 Å². The minimum absolute atomic E-state index is 0. The standard InChI is InChI=1S/C11H13ClF3NO.ClH/c12-9-4-3-7(10(16)2-1-5-17)6-8(9)11(13,14)15;/h3-4,6,10,17H,1-2,5,16H2;1H/t10-;/m1./s1. The van der Waals surface area contributed by atoms with E-state index in [2.05, 4.69) is 0 Å². The normalized spacial score (nSPS) is 13.0. The van der Waals surface area contributed by atoms with Gasteiger partial charge in [-0.05, 0) is 30.5 Å². The highest BCUT2D eigenvalue weighted by Gasteiger charge is 2.33. The van der Waals surface area contributed by atoms with E-state index in [0.717, 1.165) is 6.07 Å². The van der Waals surface area contributed by atoms with Crippen LogP contribution < -0.4 is 5.73 Å². The largest absolute Gasteiger partial charge is 0.417 e. The molecule has 1 atom stereocenters. The zero-order valence-corrected chi connectivity index (χ0v) is 10.9. The van der Waals surface area contributed by atoms with Crippen LogP contribution in [0.1, 0.15) is 30.0 Å². The first-order chi connectivity index (χ1) is 7.86. The van der Waals surface area contributed by atoms with Gasteiger partial charge in [0.1, 0.15) is 0 Å². The number of alkyl halides is 3. The van der Waals surface area contributed by atoms with Gasteiger partial charge in [-0.1, -0.05) is 17.7 Å². The Bertz CT molecular complexity index is 385. The van der Waals surface area contributed by atoms with E-state index in [0.29, 0.717) is 18.4 Å². The van der Waals surface area contributed by atoms with Crippen LogP contribution in [0, 0.1) is 0 Å². The van der Waals surface area contributed by atoms with Crippen molar-refractivity contribution in [1.29, 1.82) is 0 Å². The van der Waals surface area contributed by atoms with Gasteiger partial charge in [0.15, 0.2) is 0 Å². The lowest BCUT2D eigenvalue weighted by Crippen LogP contribution is -2.13. The SMILES string of the molecule is Cl.N[C@H](CCCO)c1ccc(Cl)c(C(F)(F)F)c1. The van der Waals surface area contributed by atoms with Crippen LogP contribution in [-0.2, 0) is 6.18 Å². The highest BCUT2D eigenvalue weighted by Crippen LogP contribution is 2.36. The summed E-state index contributed by atoms with van der Waals surface area (Å²) in [4.78, 5) is 0. The fourth-order valence-corrected chi connectivity index (χ4v) is 1.69. The molecule has 0 heterocycles. The Labute approximate surface area is 114 Å². The van der Waals surface area contributed by atoms with Gasteiger partial charge in [0.2, 0.25) is 0 Å². The maximum absolute atomic E-state index is 12.6. The first-order valence-corrected chi connectivity index (χ1v) is 5.47. The van der Waals surface area contributed by atoms with Crippen molar-refractivity contribution in [2.24, 2.45) is 5.73 Å². The maximum Gasteiger partial charge on any atom is 0.417 e. The highest BCUT2D eigenvalue weighted by atomic mass is 35.5. The van der Waals surface area contributed by atoms with Crippen molar-refractivity contribution in [3.63, 3.8) is 0 Å². The average Bonchev–Trinajstić information content (AvgIpc) is 2.25. The van der Waals surface area contributed by atoms with E-state index in [1.807, 2.05) is 0 Å². The molecule has 0 saturated carbocycles. The summed E-state index contributed by atoms with van der Waals surface area (Å²) in [6.07, 6.45) is -3.61. The molecule has 2 nitrogen and oxygen atoms in total. The van der Waals surface area contributed by atoms with Gasteiger partial charge in [-0.25, -0.2) is 0 Å². The third-order valence-electron chi connectivity index (χ3n) is 2.40. The molecule has 0 radical (unpaired) electrons. The smallest absolute Gasteiger partial charge is 0.396 e. The van der Waals surface area contributed by atoms with Gasteiger partial charge in [0, 0.05) is 12.6 Å². The number of hydrogen-bond donors (Lipinski definition) is 2. The maximum atomic E-state index is 12.6. The molecule has 7 heteroatoms. The predicted octanol–water partition coefficient (Wildman–Crippen LogP) is 3.55. The second kappa shape index (κ2) is 7.19. The first kappa shape index (κ1) is 17.5. The monoisotopic (exact) mass is 303 g/mol. The third kappa shape index (κ3) is 4.65. The van der Waals surface area contributed by atoms with Crippen molar-refractivity contribution in [3.8, 4) is 0 Å². The van der Waals surface area contributed by atoms with Gasteiger partial charge in [-0.15, -0.1) is 12.4 Å². The Morgan fingerprint density at radius 2 is 1.94 bits per heavy atom. The van der Waals surface area contributed by atoms with Gasteiger partial charge in [-0.3, -0.25) is 0 Å². The number of halogens is 5. The van der Waals surface area contributed by atoms with Crippen LogP contribution in [0.25, 0.3) is 0 Å². The van der Waals surface area contributed by atoms with Crippen LogP contribution in [0.5, 0.6) is 0 Å². The molecule has 0 bridgehead atoms. The molecular formula is C11H14Cl2F3NO. The summed E-state index contributed by atoms with van der Waals surface area (Å²) in [7, 11) is 0. The van der Waals surface area contributed by atoms with Gasteiger partial charge >= 0.3 is 6.18 Å². The van der Waals surface area contributed by atoms with Crippen molar-refractivity contribution in [1.82, 2.24) is 0 Å². The molecule has 1 aromatic carbocycles. The minimum atomic E-state index is -4.48. The number of rotatable bonds is 4. The highest BCUT2D eigenvalue weighted by molar-refractivity contribution is 6.31. The summed E-state index contributed by atoms with van der Waals surface area (Å²) in [5, 5.41) is 8.30. The van der Waals surface area contributed by atoms with Crippen molar-refractivity contribution in [3.05, 3.63) is 34.3 Å². The molecule has 1 rings (SSSR count). The summed E-state index contributed by atoms with van der Waals surface area (Å²) >= 11 is 5.49. The second-order valence-corrected chi connectivity index (χ2v) is 4.12. The molecule has 0 unspecified atom stereocenters. The van der Waals surface area contributed by atoms with Crippen LogP contribution in [0.3, 0.4) is 0 Å². The van der Waals surface area contributed by atoms with Gasteiger partial charge in [0.05, 0.1) is 10.6 Å². The number of nitrogens with two attached hydrogens (primary N) is 1. The Morgan fingerprint density at radius 1 is 1.33 bits per heavy atom. The first-order valence-electron chi connectivity index (χ1n) is 5.09. The zero-order chi connectivity index (χ0) is 13.1. The lowest BCUT2D eigenvalue weighted by Gasteiger charge is -2.15. The average molecular weight is 304 g/mol. The van der Waals surface area contributed by atoms with E-state index >= 15 is 0 Å². The van der Waals surface area contributed by atoms with E-state index in [9.17, 15) is 13.2 Å². The Balaban J connectivity index is 0.00000289. The molecule has 0 spiro atoms. The molecule has 0 aliphatic rings. The molecule has 0 aliphatic heterocycles. The van der Waals surface area contributed by atoms with Gasteiger partial charge < -0.3 is 10.8 Å². The number of benzene rings is 1. The van der Waals surface area contributed by atoms with Crippen molar-refractivity contribution in [2.45, 2.75) is 25.1 Å². The summed E-state index contributed by atoms with van der Waals surface area (Å²) in [5.41, 5.74) is 5.21. The predicted molar refractivity (Wildman–Crippen MR) is 67.0 cm³/mol.